The van der Waals surface area contributed by atoms with E-state index in [1.807, 2.05) is 6.92 Å². The van der Waals surface area contributed by atoms with Gasteiger partial charge in [0.05, 0.1) is 12.5 Å². The van der Waals surface area contributed by atoms with Crippen LogP contribution in [-0.4, -0.2) is 24.5 Å². The van der Waals surface area contributed by atoms with Gasteiger partial charge in [-0.05, 0) is 13.3 Å². The monoisotopic (exact) mass is 171 g/mol. The second-order valence-electron chi connectivity index (χ2n) is 2.75. The molecule has 0 unspecified atom stereocenters. The largest absolute Gasteiger partial charge is 0.464 e. The summed E-state index contributed by atoms with van der Waals surface area (Å²) < 4.78 is 4.77. The Hall–Kier alpha value is -1.06. The zero-order valence-electron chi connectivity index (χ0n) is 7.29. The van der Waals surface area contributed by atoms with E-state index in [2.05, 4.69) is 5.32 Å². The van der Waals surface area contributed by atoms with Crippen molar-refractivity contribution in [3.8, 4) is 0 Å². The molecule has 0 saturated carbocycles. The molecule has 2 atom stereocenters. The fourth-order valence-electron chi connectivity index (χ4n) is 1.29. The van der Waals surface area contributed by atoms with Crippen molar-refractivity contribution in [3.63, 3.8) is 0 Å². The molecule has 1 fully saturated rings. The molecule has 1 aliphatic rings. The molecular weight excluding hydrogens is 158 g/mol. The number of amides is 1. The fourth-order valence-corrected chi connectivity index (χ4v) is 1.29. The van der Waals surface area contributed by atoms with E-state index in [-0.39, 0.29) is 17.8 Å². The third-order valence-electron chi connectivity index (χ3n) is 2.02. The highest BCUT2D eigenvalue weighted by molar-refractivity contribution is 5.97. The number of esters is 1. The van der Waals surface area contributed by atoms with Gasteiger partial charge in [0.15, 0.2) is 0 Å². The smallest absolute Gasteiger partial charge is 0.329 e. The first-order chi connectivity index (χ1) is 5.70. The van der Waals surface area contributed by atoms with E-state index >= 15 is 0 Å². The Morgan fingerprint density at radius 1 is 1.58 bits per heavy atom. The lowest BCUT2D eigenvalue weighted by Gasteiger charge is -2.33. The van der Waals surface area contributed by atoms with Crippen LogP contribution in [-0.2, 0) is 14.3 Å². The van der Waals surface area contributed by atoms with Gasteiger partial charge in [0.2, 0.25) is 5.91 Å². The molecule has 1 heterocycles. The van der Waals surface area contributed by atoms with E-state index in [0.29, 0.717) is 13.0 Å². The highest BCUT2D eigenvalue weighted by atomic mass is 16.5. The molecule has 68 valence electrons. The van der Waals surface area contributed by atoms with Crippen molar-refractivity contribution in [1.29, 1.82) is 0 Å². The van der Waals surface area contributed by atoms with Gasteiger partial charge in [0, 0.05) is 0 Å². The minimum Gasteiger partial charge on any atom is -0.464 e. The van der Waals surface area contributed by atoms with Crippen molar-refractivity contribution in [2.45, 2.75) is 26.3 Å². The van der Waals surface area contributed by atoms with E-state index in [9.17, 15) is 9.59 Å². The quantitative estimate of drug-likeness (QED) is 0.483. The van der Waals surface area contributed by atoms with Gasteiger partial charge in [-0.15, -0.1) is 0 Å². The van der Waals surface area contributed by atoms with Gasteiger partial charge in [-0.25, -0.2) is 4.79 Å². The maximum Gasteiger partial charge on any atom is 0.329 e. The zero-order chi connectivity index (χ0) is 9.14. The van der Waals surface area contributed by atoms with Crippen LogP contribution in [0.15, 0.2) is 0 Å². The van der Waals surface area contributed by atoms with Crippen molar-refractivity contribution in [2.75, 3.05) is 6.61 Å². The molecule has 0 aliphatic carbocycles. The Morgan fingerprint density at radius 2 is 2.25 bits per heavy atom. The summed E-state index contributed by atoms with van der Waals surface area (Å²) >= 11 is 0. The van der Waals surface area contributed by atoms with Crippen molar-refractivity contribution in [1.82, 2.24) is 5.32 Å². The molecule has 1 aliphatic heterocycles. The van der Waals surface area contributed by atoms with Gasteiger partial charge in [-0.2, -0.15) is 0 Å². The first kappa shape index (κ1) is 9.03. The number of β-lactam (4-membered cyclic amide) rings is 1. The standard InChI is InChI=1S/C8H13NO3/c1-3-5-6(9-7(5)10)8(11)12-4-2/h5-6H,3-4H2,1-2H3,(H,9,10)/t5-,6-/m1/s1. The predicted octanol–water partition coefficient (Wildman–Crippen LogP) is 0.0741. The number of nitrogens with one attached hydrogen (secondary N) is 1. The third-order valence-corrected chi connectivity index (χ3v) is 2.02. The Morgan fingerprint density at radius 3 is 2.67 bits per heavy atom. The second kappa shape index (κ2) is 3.56. The molecule has 12 heavy (non-hydrogen) atoms. The molecule has 1 N–H and O–H groups in total. The summed E-state index contributed by atoms with van der Waals surface area (Å²) in [6, 6.07) is -0.401. The number of ether oxygens (including phenoxy) is 1. The third kappa shape index (κ3) is 1.42. The van der Waals surface area contributed by atoms with Crippen molar-refractivity contribution in [2.24, 2.45) is 5.92 Å². The zero-order valence-corrected chi connectivity index (χ0v) is 7.29. The maximum absolute atomic E-state index is 11.1. The molecular formula is C8H13NO3. The lowest BCUT2D eigenvalue weighted by Crippen LogP contribution is -2.62. The van der Waals surface area contributed by atoms with E-state index in [4.69, 9.17) is 4.74 Å². The SMILES string of the molecule is CCOC(=O)[C@@H]1NC(=O)[C@@H]1CC. The van der Waals surface area contributed by atoms with Gasteiger partial charge < -0.3 is 10.1 Å². The summed E-state index contributed by atoms with van der Waals surface area (Å²) in [7, 11) is 0. The van der Waals surface area contributed by atoms with Crippen LogP contribution < -0.4 is 5.32 Å². The topological polar surface area (TPSA) is 55.4 Å². The molecule has 0 aromatic carbocycles. The van der Waals surface area contributed by atoms with Crippen LogP contribution in [0.25, 0.3) is 0 Å². The van der Waals surface area contributed by atoms with Gasteiger partial charge in [0.1, 0.15) is 6.04 Å². The molecule has 0 aromatic heterocycles. The maximum atomic E-state index is 11.1. The Balaban J connectivity index is 2.44. The lowest BCUT2D eigenvalue weighted by molar-refractivity contribution is -0.157. The number of carbonyl (C=O) groups is 2. The Bertz CT molecular complexity index is 202. The molecule has 4 heteroatoms. The van der Waals surface area contributed by atoms with E-state index in [0.717, 1.165) is 0 Å². The summed E-state index contributed by atoms with van der Waals surface area (Å²) in [6.45, 7) is 4.00. The van der Waals surface area contributed by atoms with Crippen LogP contribution in [0.1, 0.15) is 20.3 Å². The molecule has 1 saturated heterocycles. The molecule has 4 nitrogen and oxygen atoms in total. The lowest BCUT2D eigenvalue weighted by atomic mass is 9.88. The van der Waals surface area contributed by atoms with Crippen LogP contribution in [0.4, 0.5) is 0 Å². The minimum atomic E-state index is -0.401. The van der Waals surface area contributed by atoms with Crippen LogP contribution in [0.5, 0.6) is 0 Å². The molecule has 0 bridgehead atoms. The average molecular weight is 171 g/mol. The Kier molecular flexibility index (Phi) is 2.68. The van der Waals surface area contributed by atoms with Crippen LogP contribution >= 0.6 is 0 Å². The van der Waals surface area contributed by atoms with Crippen molar-refractivity contribution in [3.05, 3.63) is 0 Å². The summed E-state index contributed by atoms with van der Waals surface area (Å²) in [4.78, 5) is 22.0. The van der Waals surface area contributed by atoms with Crippen LogP contribution in [0.3, 0.4) is 0 Å². The summed E-state index contributed by atoms with van der Waals surface area (Å²) in [5, 5.41) is 2.51. The summed E-state index contributed by atoms with van der Waals surface area (Å²) in [5.74, 6) is -0.538. The van der Waals surface area contributed by atoms with Gasteiger partial charge in [0.25, 0.3) is 0 Å². The molecule has 0 aromatic rings. The number of rotatable bonds is 3. The van der Waals surface area contributed by atoms with Crippen molar-refractivity contribution < 1.29 is 14.3 Å². The second-order valence-corrected chi connectivity index (χ2v) is 2.75. The minimum absolute atomic E-state index is 0.0458. The predicted molar refractivity (Wildman–Crippen MR) is 42.3 cm³/mol. The van der Waals surface area contributed by atoms with E-state index < -0.39 is 6.04 Å². The first-order valence-corrected chi connectivity index (χ1v) is 4.17. The van der Waals surface area contributed by atoms with Gasteiger partial charge in [-0.3, -0.25) is 4.79 Å². The van der Waals surface area contributed by atoms with Crippen molar-refractivity contribution >= 4 is 11.9 Å². The molecule has 1 amide bonds. The number of hydrogen-bond acceptors (Lipinski definition) is 3. The highest BCUT2D eigenvalue weighted by Crippen LogP contribution is 2.19. The van der Waals surface area contributed by atoms with Crippen LogP contribution in [0.2, 0.25) is 0 Å². The van der Waals surface area contributed by atoms with E-state index in [1.165, 1.54) is 0 Å². The summed E-state index contributed by atoms with van der Waals surface area (Å²) in [5.41, 5.74) is 0. The van der Waals surface area contributed by atoms with Crippen LogP contribution in [0, 0.1) is 5.92 Å². The Labute approximate surface area is 71.3 Å². The van der Waals surface area contributed by atoms with Gasteiger partial charge >= 0.3 is 5.97 Å². The molecule has 0 spiro atoms. The average Bonchev–Trinajstić information content (AvgIpc) is 2.01. The van der Waals surface area contributed by atoms with Gasteiger partial charge in [-0.1, -0.05) is 6.92 Å². The normalized spacial score (nSPS) is 27.3. The van der Waals surface area contributed by atoms with E-state index in [1.54, 1.807) is 6.92 Å². The number of hydrogen-bond donors (Lipinski definition) is 1. The highest BCUT2D eigenvalue weighted by Gasteiger charge is 2.43. The number of carbonyl (C=O) groups excluding carboxylic acids is 2. The molecule has 1 rings (SSSR count). The summed E-state index contributed by atoms with van der Waals surface area (Å²) in [6.07, 6.45) is 0.690. The fraction of sp³-hybridized carbons (Fsp3) is 0.750. The first-order valence-electron chi connectivity index (χ1n) is 4.17. The molecule has 0 radical (unpaired) electrons.